The molecule has 0 saturated carbocycles. The normalized spacial score (nSPS) is 12.7. The molecule has 0 fully saturated rings. The summed E-state index contributed by atoms with van der Waals surface area (Å²) in [5.74, 6) is 0. The quantitative estimate of drug-likeness (QED) is 0.851. The molecular formula is C16H21NS. The molecule has 2 heteroatoms. The predicted octanol–water partition coefficient (Wildman–Crippen LogP) is 4.52. The Morgan fingerprint density at radius 2 is 1.78 bits per heavy atom. The summed E-state index contributed by atoms with van der Waals surface area (Å²) in [5.41, 5.74) is 4.09. The van der Waals surface area contributed by atoms with Crippen molar-refractivity contribution in [1.29, 1.82) is 0 Å². The minimum Gasteiger partial charge on any atom is -0.306 e. The van der Waals surface area contributed by atoms with E-state index in [2.05, 4.69) is 63.3 Å². The third-order valence-corrected chi connectivity index (χ3v) is 4.33. The number of nitrogens with one attached hydrogen (secondary N) is 1. The van der Waals surface area contributed by atoms with Crippen molar-refractivity contribution in [2.45, 2.75) is 40.3 Å². The van der Waals surface area contributed by atoms with E-state index in [-0.39, 0.29) is 0 Å². The molecular weight excluding hydrogens is 238 g/mol. The first-order chi connectivity index (χ1) is 8.56. The Labute approximate surface area is 114 Å². The fraction of sp³-hybridized carbons (Fsp3) is 0.375. The Kier molecular flexibility index (Phi) is 4.20. The van der Waals surface area contributed by atoms with Crippen molar-refractivity contribution in [2.75, 3.05) is 0 Å². The van der Waals surface area contributed by atoms with Gasteiger partial charge < -0.3 is 5.32 Å². The third-order valence-electron chi connectivity index (χ3n) is 3.32. The Hall–Kier alpha value is -1.12. The fourth-order valence-electron chi connectivity index (χ4n) is 2.10. The number of benzene rings is 1. The van der Waals surface area contributed by atoms with E-state index in [4.69, 9.17) is 0 Å². The van der Waals surface area contributed by atoms with Gasteiger partial charge in [-0.15, -0.1) is 11.3 Å². The number of rotatable bonds is 4. The van der Waals surface area contributed by atoms with Crippen molar-refractivity contribution in [1.82, 2.24) is 5.32 Å². The van der Waals surface area contributed by atoms with Gasteiger partial charge in [-0.1, -0.05) is 29.8 Å². The van der Waals surface area contributed by atoms with Gasteiger partial charge in [-0.05, 0) is 44.9 Å². The summed E-state index contributed by atoms with van der Waals surface area (Å²) >= 11 is 1.88. The highest BCUT2D eigenvalue weighted by atomic mass is 32.1. The van der Waals surface area contributed by atoms with E-state index in [9.17, 15) is 0 Å². The lowest BCUT2D eigenvalue weighted by molar-refractivity contribution is 0.574. The molecule has 96 valence electrons. The van der Waals surface area contributed by atoms with Gasteiger partial charge in [-0.2, -0.15) is 0 Å². The van der Waals surface area contributed by atoms with Crippen LogP contribution >= 0.6 is 11.3 Å². The lowest BCUT2D eigenvalue weighted by Crippen LogP contribution is -2.18. The summed E-state index contributed by atoms with van der Waals surface area (Å²) in [6.07, 6.45) is 0. The molecule has 1 heterocycles. The highest BCUT2D eigenvalue weighted by Gasteiger charge is 2.07. The molecule has 1 aromatic carbocycles. The van der Waals surface area contributed by atoms with Crippen LogP contribution in [0.2, 0.25) is 0 Å². The van der Waals surface area contributed by atoms with Gasteiger partial charge in [0, 0.05) is 22.3 Å². The topological polar surface area (TPSA) is 12.0 Å². The van der Waals surface area contributed by atoms with E-state index in [0.717, 1.165) is 6.54 Å². The maximum atomic E-state index is 3.60. The van der Waals surface area contributed by atoms with Gasteiger partial charge in [0.2, 0.25) is 0 Å². The van der Waals surface area contributed by atoms with Gasteiger partial charge in [0.1, 0.15) is 0 Å². The lowest BCUT2D eigenvalue weighted by Gasteiger charge is -2.14. The van der Waals surface area contributed by atoms with Crippen LogP contribution in [0.15, 0.2) is 30.3 Å². The van der Waals surface area contributed by atoms with Crippen molar-refractivity contribution in [3.05, 3.63) is 56.8 Å². The van der Waals surface area contributed by atoms with Crippen LogP contribution in [0, 0.1) is 20.8 Å². The Morgan fingerprint density at radius 3 is 2.33 bits per heavy atom. The minimum atomic E-state index is 0.394. The van der Waals surface area contributed by atoms with Gasteiger partial charge in [0.15, 0.2) is 0 Å². The van der Waals surface area contributed by atoms with Crippen molar-refractivity contribution in [2.24, 2.45) is 0 Å². The fourth-order valence-corrected chi connectivity index (χ4v) is 3.04. The van der Waals surface area contributed by atoms with Crippen LogP contribution < -0.4 is 5.32 Å². The monoisotopic (exact) mass is 259 g/mol. The van der Waals surface area contributed by atoms with Crippen LogP contribution in [0.3, 0.4) is 0 Å². The number of aryl methyl sites for hydroxylation is 3. The van der Waals surface area contributed by atoms with Crippen molar-refractivity contribution >= 4 is 11.3 Å². The van der Waals surface area contributed by atoms with Gasteiger partial charge >= 0.3 is 0 Å². The molecule has 18 heavy (non-hydrogen) atoms. The second-order valence-electron chi connectivity index (χ2n) is 4.95. The van der Waals surface area contributed by atoms with E-state index in [1.165, 1.54) is 26.4 Å². The highest BCUT2D eigenvalue weighted by Crippen LogP contribution is 2.21. The van der Waals surface area contributed by atoms with E-state index in [1.807, 2.05) is 11.3 Å². The van der Waals surface area contributed by atoms with Crippen LogP contribution in [0.25, 0.3) is 0 Å². The molecule has 0 saturated heterocycles. The van der Waals surface area contributed by atoms with Gasteiger partial charge in [0.05, 0.1) is 0 Å². The average Bonchev–Trinajstić information content (AvgIpc) is 2.66. The molecule has 0 bridgehead atoms. The van der Waals surface area contributed by atoms with Crippen LogP contribution in [-0.2, 0) is 6.54 Å². The maximum absolute atomic E-state index is 3.60. The van der Waals surface area contributed by atoms with E-state index < -0.39 is 0 Å². The minimum absolute atomic E-state index is 0.394. The molecule has 0 aliphatic rings. The molecule has 0 aliphatic carbocycles. The second kappa shape index (κ2) is 5.68. The zero-order chi connectivity index (χ0) is 13.1. The third kappa shape index (κ3) is 3.21. The van der Waals surface area contributed by atoms with Gasteiger partial charge in [-0.3, -0.25) is 0 Å². The molecule has 1 unspecified atom stereocenters. The largest absolute Gasteiger partial charge is 0.306 e. The van der Waals surface area contributed by atoms with Crippen molar-refractivity contribution < 1.29 is 0 Å². The van der Waals surface area contributed by atoms with Crippen LogP contribution in [0.1, 0.15) is 39.4 Å². The zero-order valence-electron chi connectivity index (χ0n) is 11.6. The Bertz CT molecular complexity index is 510. The molecule has 0 spiro atoms. The summed E-state index contributed by atoms with van der Waals surface area (Å²) in [6, 6.07) is 11.4. The van der Waals surface area contributed by atoms with Crippen LogP contribution in [0.5, 0.6) is 0 Å². The molecule has 0 radical (unpaired) electrons. The second-order valence-corrected chi connectivity index (χ2v) is 6.41. The summed E-state index contributed by atoms with van der Waals surface area (Å²) in [6.45, 7) is 9.67. The number of hydrogen-bond acceptors (Lipinski definition) is 2. The molecule has 0 aliphatic heterocycles. The summed E-state index contributed by atoms with van der Waals surface area (Å²) < 4.78 is 0. The number of hydrogen-bond donors (Lipinski definition) is 1. The van der Waals surface area contributed by atoms with E-state index in [0.29, 0.717) is 6.04 Å². The Balaban J connectivity index is 1.98. The van der Waals surface area contributed by atoms with E-state index in [1.54, 1.807) is 0 Å². The maximum Gasteiger partial charge on any atom is 0.0294 e. The van der Waals surface area contributed by atoms with Crippen LogP contribution in [-0.4, -0.2) is 0 Å². The molecule has 2 rings (SSSR count). The molecule has 0 amide bonds. The number of thiophene rings is 1. The van der Waals surface area contributed by atoms with Crippen molar-refractivity contribution in [3.63, 3.8) is 0 Å². The van der Waals surface area contributed by atoms with E-state index >= 15 is 0 Å². The zero-order valence-corrected chi connectivity index (χ0v) is 12.4. The molecule has 1 N–H and O–H groups in total. The predicted molar refractivity (Wildman–Crippen MR) is 80.2 cm³/mol. The first kappa shape index (κ1) is 13.3. The molecule has 1 aromatic heterocycles. The Morgan fingerprint density at radius 1 is 1.11 bits per heavy atom. The molecule has 1 atom stereocenters. The molecule has 1 nitrogen and oxygen atoms in total. The average molecular weight is 259 g/mol. The van der Waals surface area contributed by atoms with Gasteiger partial charge in [0.25, 0.3) is 0 Å². The summed E-state index contributed by atoms with van der Waals surface area (Å²) in [4.78, 5) is 2.82. The van der Waals surface area contributed by atoms with Crippen molar-refractivity contribution in [3.8, 4) is 0 Å². The smallest absolute Gasteiger partial charge is 0.0294 e. The SMILES string of the molecule is Cc1ccc(C(C)NCc2cc(C)sc2C)cc1. The summed E-state index contributed by atoms with van der Waals surface area (Å²) in [7, 11) is 0. The summed E-state index contributed by atoms with van der Waals surface area (Å²) in [5, 5.41) is 3.60. The molecule has 2 aromatic rings. The highest BCUT2D eigenvalue weighted by molar-refractivity contribution is 7.12. The standard InChI is InChI=1S/C16H21NS/c1-11-5-7-15(8-6-11)13(3)17-10-16-9-12(2)18-14(16)4/h5-9,13,17H,10H2,1-4H3. The van der Waals surface area contributed by atoms with Gasteiger partial charge in [-0.25, -0.2) is 0 Å². The first-order valence-electron chi connectivity index (χ1n) is 6.42. The first-order valence-corrected chi connectivity index (χ1v) is 7.24. The van der Waals surface area contributed by atoms with Crippen LogP contribution in [0.4, 0.5) is 0 Å². The lowest BCUT2D eigenvalue weighted by atomic mass is 10.1.